The van der Waals surface area contributed by atoms with Gasteiger partial charge in [-0.3, -0.25) is 14.7 Å². The predicted octanol–water partition coefficient (Wildman–Crippen LogP) is 1.58. The van der Waals surface area contributed by atoms with Crippen molar-refractivity contribution in [1.82, 2.24) is 14.8 Å². The molecule has 0 amide bonds. The molecule has 0 aliphatic heterocycles. The van der Waals surface area contributed by atoms with Crippen molar-refractivity contribution < 1.29 is 4.39 Å². The van der Waals surface area contributed by atoms with Gasteiger partial charge in [-0.05, 0) is 19.1 Å². The molecule has 0 saturated carbocycles. The number of nitrogens with one attached hydrogen (secondary N) is 1. The Hall–Kier alpha value is -2.28. The third kappa shape index (κ3) is 1.78. The number of fused-ring (bicyclic) bond motifs is 1. The van der Waals surface area contributed by atoms with Crippen molar-refractivity contribution in [3.05, 3.63) is 55.8 Å². The first-order chi connectivity index (χ1) is 9.08. The summed E-state index contributed by atoms with van der Waals surface area (Å²) >= 11 is 1.23. The minimum absolute atomic E-state index is 0.0385. The molecule has 3 rings (SSSR count). The molecule has 0 aliphatic carbocycles. The van der Waals surface area contributed by atoms with Crippen LogP contribution >= 0.6 is 11.3 Å². The summed E-state index contributed by atoms with van der Waals surface area (Å²) in [5, 5.41) is 4.27. The fourth-order valence-electron chi connectivity index (χ4n) is 1.84. The van der Waals surface area contributed by atoms with E-state index in [0.717, 1.165) is 16.4 Å². The number of halogens is 1. The Bertz CT molecular complexity index is 894. The van der Waals surface area contributed by atoms with E-state index in [1.807, 2.05) is 0 Å². The predicted molar refractivity (Wildman–Crippen MR) is 70.5 cm³/mol. The second kappa shape index (κ2) is 4.13. The number of thiazole rings is 1. The van der Waals surface area contributed by atoms with E-state index in [1.54, 1.807) is 12.3 Å². The molecule has 0 fully saturated rings. The largest absolute Gasteiger partial charge is 0.280 e. The number of benzene rings is 1. The molecule has 0 aliphatic rings. The quantitative estimate of drug-likeness (QED) is 0.734. The molecule has 1 N–H and O–H groups in total. The maximum atomic E-state index is 13.6. The molecule has 0 atom stereocenters. The van der Waals surface area contributed by atoms with Crippen LogP contribution in [0.2, 0.25) is 0 Å². The zero-order valence-corrected chi connectivity index (χ0v) is 10.6. The fourth-order valence-corrected chi connectivity index (χ4v) is 2.60. The highest BCUT2D eigenvalue weighted by Crippen LogP contribution is 2.13. The van der Waals surface area contributed by atoms with Crippen LogP contribution in [0.3, 0.4) is 0 Å². The van der Waals surface area contributed by atoms with Crippen LogP contribution in [0.15, 0.2) is 33.2 Å². The van der Waals surface area contributed by atoms with Gasteiger partial charge in [-0.2, -0.15) is 4.68 Å². The summed E-state index contributed by atoms with van der Waals surface area (Å²) in [6.07, 6.45) is 0. The van der Waals surface area contributed by atoms with Crippen molar-refractivity contribution in [3.8, 4) is 5.13 Å². The lowest BCUT2D eigenvalue weighted by molar-refractivity contribution is 0.636. The van der Waals surface area contributed by atoms with Gasteiger partial charge in [0.05, 0.1) is 16.5 Å². The highest BCUT2D eigenvalue weighted by Gasteiger charge is 2.13. The van der Waals surface area contributed by atoms with E-state index in [2.05, 4.69) is 10.1 Å². The van der Waals surface area contributed by atoms with Crippen LogP contribution < -0.4 is 11.1 Å². The van der Waals surface area contributed by atoms with Gasteiger partial charge in [0.1, 0.15) is 5.82 Å². The van der Waals surface area contributed by atoms with Crippen molar-refractivity contribution in [2.75, 3.05) is 0 Å². The van der Waals surface area contributed by atoms with Gasteiger partial charge in [0, 0.05) is 5.38 Å². The van der Waals surface area contributed by atoms with Crippen LogP contribution in [0.5, 0.6) is 0 Å². The van der Waals surface area contributed by atoms with Gasteiger partial charge < -0.3 is 0 Å². The van der Waals surface area contributed by atoms with Crippen molar-refractivity contribution in [2.45, 2.75) is 6.92 Å². The van der Waals surface area contributed by atoms with Crippen LogP contribution in [0, 0.1) is 12.7 Å². The van der Waals surface area contributed by atoms with Crippen molar-refractivity contribution in [3.63, 3.8) is 0 Å². The average Bonchev–Trinajstić information content (AvgIpc) is 2.80. The van der Waals surface area contributed by atoms with Crippen LogP contribution in [-0.4, -0.2) is 14.8 Å². The molecular weight excluding hydrogens is 269 g/mol. The summed E-state index contributed by atoms with van der Waals surface area (Å²) in [4.78, 5) is 28.2. The molecule has 1 aromatic carbocycles. The fraction of sp³-hybridized carbons (Fsp3) is 0.0833. The van der Waals surface area contributed by atoms with Gasteiger partial charge in [-0.15, -0.1) is 11.3 Å². The van der Waals surface area contributed by atoms with Gasteiger partial charge in [0.25, 0.3) is 11.1 Å². The Labute approximate surface area is 110 Å². The summed E-state index contributed by atoms with van der Waals surface area (Å²) in [7, 11) is 0. The van der Waals surface area contributed by atoms with E-state index in [9.17, 15) is 14.0 Å². The molecule has 0 spiro atoms. The zero-order valence-electron chi connectivity index (χ0n) is 9.81. The number of rotatable bonds is 1. The van der Waals surface area contributed by atoms with E-state index in [0.29, 0.717) is 5.13 Å². The Morgan fingerprint density at radius 1 is 1.37 bits per heavy atom. The number of H-pyrrole nitrogens is 1. The third-order valence-electron chi connectivity index (χ3n) is 2.69. The maximum Gasteiger partial charge on any atom is 0.280 e. The monoisotopic (exact) mass is 277 g/mol. The summed E-state index contributed by atoms with van der Waals surface area (Å²) in [5.41, 5.74) is -0.406. The number of aromatic nitrogens is 3. The van der Waals surface area contributed by atoms with Crippen molar-refractivity contribution in [2.24, 2.45) is 0 Å². The molecule has 19 heavy (non-hydrogen) atoms. The minimum atomic E-state index is -0.710. The Morgan fingerprint density at radius 3 is 2.84 bits per heavy atom. The molecule has 5 nitrogen and oxygen atoms in total. The summed E-state index contributed by atoms with van der Waals surface area (Å²) < 4.78 is 14.6. The highest BCUT2D eigenvalue weighted by molar-refractivity contribution is 7.12. The van der Waals surface area contributed by atoms with Gasteiger partial charge in [0.2, 0.25) is 5.13 Å². The zero-order chi connectivity index (χ0) is 13.6. The number of aryl methyl sites for hydroxylation is 1. The summed E-state index contributed by atoms with van der Waals surface area (Å²) in [5.74, 6) is -0.710. The number of nitrogens with zero attached hydrogens (tertiary/aromatic N) is 2. The van der Waals surface area contributed by atoms with Crippen molar-refractivity contribution in [1.29, 1.82) is 0 Å². The minimum Gasteiger partial charge on any atom is -0.267 e. The topological polar surface area (TPSA) is 67.8 Å². The lowest BCUT2D eigenvalue weighted by Gasteiger charge is -2.03. The first-order valence-electron chi connectivity index (χ1n) is 5.44. The average molecular weight is 277 g/mol. The first-order valence-corrected chi connectivity index (χ1v) is 6.32. The number of hydrogen-bond donors (Lipinski definition) is 1. The SMILES string of the molecule is Cc1csc(-n2[nH]c(=O)c3c(F)cccc3c2=O)n1. The van der Waals surface area contributed by atoms with Crippen LogP contribution in [0.1, 0.15) is 5.69 Å². The van der Waals surface area contributed by atoms with E-state index in [4.69, 9.17) is 0 Å². The summed E-state index contributed by atoms with van der Waals surface area (Å²) in [6, 6.07) is 3.97. The van der Waals surface area contributed by atoms with Crippen LogP contribution in [-0.2, 0) is 0 Å². The number of hydrogen-bond acceptors (Lipinski definition) is 4. The molecular formula is C12H8FN3O2S. The van der Waals surface area contributed by atoms with E-state index < -0.39 is 16.9 Å². The Balaban J connectivity index is 2.45. The molecule has 0 bridgehead atoms. The molecule has 0 radical (unpaired) electrons. The molecule has 96 valence electrons. The first kappa shape index (κ1) is 11.8. The highest BCUT2D eigenvalue weighted by atomic mass is 32.1. The van der Waals surface area contributed by atoms with Gasteiger partial charge in [0.15, 0.2) is 0 Å². The normalized spacial score (nSPS) is 11.1. The molecule has 2 aromatic heterocycles. The van der Waals surface area contributed by atoms with Crippen LogP contribution in [0.4, 0.5) is 4.39 Å². The van der Waals surface area contributed by atoms with Gasteiger partial charge >= 0.3 is 0 Å². The molecule has 0 unspecified atom stereocenters. The van der Waals surface area contributed by atoms with Gasteiger partial charge in [-0.25, -0.2) is 9.37 Å². The lowest BCUT2D eigenvalue weighted by Crippen LogP contribution is -2.29. The summed E-state index contributed by atoms with van der Waals surface area (Å²) in [6.45, 7) is 1.78. The number of aromatic amines is 1. The van der Waals surface area contributed by atoms with Crippen molar-refractivity contribution >= 4 is 22.1 Å². The van der Waals surface area contributed by atoms with Gasteiger partial charge in [-0.1, -0.05) is 6.07 Å². The standard InChI is InChI=1S/C12H8FN3O2S/c1-6-5-19-12(14-6)16-11(18)7-3-2-4-8(13)9(7)10(17)15-16/h2-5H,1H3,(H,15,17). The molecule has 0 saturated heterocycles. The second-order valence-corrected chi connectivity index (χ2v) is 4.85. The second-order valence-electron chi connectivity index (χ2n) is 4.02. The maximum absolute atomic E-state index is 13.6. The van der Waals surface area contributed by atoms with E-state index in [1.165, 1.54) is 23.5 Å². The van der Waals surface area contributed by atoms with E-state index in [-0.39, 0.29) is 10.8 Å². The van der Waals surface area contributed by atoms with E-state index >= 15 is 0 Å². The third-order valence-corrected chi connectivity index (χ3v) is 3.63. The molecule has 2 heterocycles. The Morgan fingerprint density at radius 2 is 2.16 bits per heavy atom. The van der Waals surface area contributed by atoms with Crippen LogP contribution in [0.25, 0.3) is 15.9 Å². The lowest BCUT2D eigenvalue weighted by atomic mass is 10.2. The Kier molecular flexibility index (Phi) is 2.56. The molecule has 3 aromatic rings. The smallest absolute Gasteiger partial charge is 0.267 e. The molecule has 7 heteroatoms.